The van der Waals surface area contributed by atoms with E-state index in [1.54, 1.807) is 0 Å². The molecule has 0 saturated heterocycles. The highest BCUT2D eigenvalue weighted by atomic mass is 35.5. The van der Waals surface area contributed by atoms with Gasteiger partial charge in [-0.25, -0.2) is 0 Å². The third kappa shape index (κ3) is 3.86. The van der Waals surface area contributed by atoms with Crippen molar-refractivity contribution in [1.82, 2.24) is 0 Å². The van der Waals surface area contributed by atoms with E-state index in [1.165, 1.54) is 0 Å². The van der Waals surface area contributed by atoms with Crippen molar-refractivity contribution in [3.63, 3.8) is 0 Å². The summed E-state index contributed by atoms with van der Waals surface area (Å²) in [6.07, 6.45) is 4.29. The number of rotatable bonds is 4. The standard InChI is InChI=1S/C29H20Cl2O/c30-26-15-11-21(12-16-26)19-25-20-28(22-13-17-27(31)18-14-22)32-29(25,23-7-3-1-4-8-23)24-9-5-2-6-10-24/h1-20H/b25-19+. The molecule has 0 aliphatic carbocycles. The summed E-state index contributed by atoms with van der Waals surface area (Å²) in [6, 6.07) is 36.3. The van der Waals surface area contributed by atoms with E-state index in [4.69, 9.17) is 27.9 Å². The van der Waals surface area contributed by atoms with Crippen LogP contribution in [-0.4, -0.2) is 0 Å². The molecule has 156 valence electrons. The Morgan fingerprint density at radius 1 is 0.594 bits per heavy atom. The fourth-order valence-corrected chi connectivity index (χ4v) is 4.35. The molecule has 0 aromatic heterocycles. The minimum absolute atomic E-state index is 0.696. The normalized spacial score (nSPS) is 15.9. The maximum absolute atomic E-state index is 6.88. The van der Waals surface area contributed by atoms with Crippen molar-refractivity contribution < 1.29 is 4.74 Å². The highest BCUT2D eigenvalue weighted by molar-refractivity contribution is 6.30. The first-order valence-electron chi connectivity index (χ1n) is 10.4. The Hall–Kier alpha value is -3.26. The molecule has 1 aliphatic rings. The van der Waals surface area contributed by atoms with Gasteiger partial charge in [0.25, 0.3) is 0 Å². The van der Waals surface area contributed by atoms with Crippen LogP contribution >= 0.6 is 23.2 Å². The fourth-order valence-electron chi connectivity index (χ4n) is 4.10. The summed E-state index contributed by atoms with van der Waals surface area (Å²) >= 11 is 12.3. The van der Waals surface area contributed by atoms with Gasteiger partial charge in [0, 0.05) is 32.3 Å². The summed E-state index contributed by atoms with van der Waals surface area (Å²) in [7, 11) is 0. The molecule has 4 aromatic carbocycles. The lowest BCUT2D eigenvalue weighted by Gasteiger charge is -2.33. The number of benzene rings is 4. The fraction of sp³-hybridized carbons (Fsp3) is 0.0345. The molecule has 0 bridgehead atoms. The van der Waals surface area contributed by atoms with Crippen molar-refractivity contribution in [2.24, 2.45) is 0 Å². The summed E-state index contributed by atoms with van der Waals surface area (Å²) in [4.78, 5) is 0. The van der Waals surface area contributed by atoms with Gasteiger partial charge in [-0.3, -0.25) is 0 Å². The van der Waals surface area contributed by atoms with E-state index < -0.39 is 5.60 Å². The first-order chi connectivity index (χ1) is 15.6. The SMILES string of the molecule is Clc1ccc(/C=C2\C=C(c3ccc(Cl)cc3)OC2(c2ccccc2)c2ccccc2)cc1. The van der Waals surface area contributed by atoms with Crippen LogP contribution in [0.25, 0.3) is 11.8 Å². The van der Waals surface area contributed by atoms with Crippen molar-refractivity contribution in [2.45, 2.75) is 5.60 Å². The highest BCUT2D eigenvalue weighted by Crippen LogP contribution is 2.50. The smallest absolute Gasteiger partial charge is 0.184 e. The lowest BCUT2D eigenvalue weighted by Crippen LogP contribution is -2.29. The Labute approximate surface area is 198 Å². The van der Waals surface area contributed by atoms with Gasteiger partial charge in [-0.05, 0) is 54.1 Å². The Morgan fingerprint density at radius 3 is 1.62 bits per heavy atom. The second-order valence-electron chi connectivity index (χ2n) is 7.68. The third-order valence-corrected chi connectivity index (χ3v) is 6.14. The Morgan fingerprint density at radius 2 is 1.09 bits per heavy atom. The molecule has 32 heavy (non-hydrogen) atoms. The molecule has 3 heteroatoms. The Kier molecular flexibility index (Phi) is 5.61. The number of ether oxygens (including phenoxy) is 1. The van der Waals surface area contributed by atoms with Gasteiger partial charge in [0.05, 0.1) is 0 Å². The highest BCUT2D eigenvalue weighted by Gasteiger charge is 2.44. The minimum atomic E-state index is -0.781. The number of halogens is 2. The monoisotopic (exact) mass is 454 g/mol. The molecule has 0 atom stereocenters. The lowest BCUT2D eigenvalue weighted by atomic mass is 9.80. The molecule has 4 aromatic rings. The van der Waals surface area contributed by atoms with Crippen molar-refractivity contribution in [3.05, 3.63) is 153 Å². The van der Waals surface area contributed by atoms with E-state index in [0.717, 1.165) is 33.6 Å². The molecule has 0 unspecified atom stereocenters. The molecular formula is C29H20Cl2O. The number of hydrogen-bond donors (Lipinski definition) is 0. The van der Waals surface area contributed by atoms with Crippen LogP contribution in [0.5, 0.6) is 0 Å². The molecular weight excluding hydrogens is 435 g/mol. The average Bonchev–Trinajstić information content (AvgIpc) is 3.22. The molecule has 5 rings (SSSR count). The van der Waals surface area contributed by atoms with Gasteiger partial charge in [0.15, 0.2) is 5.60 Å². The van der Waals surface area contributed by atoms with Crippen LogP contribution in [0.4, 0.5) is 0 Å². The summed E-state index contributed by atoms with van der Waals surface area (Å²) in [6.45, 7) is 0. The van der Waals surface area contributed by atoms with Crippen molar-refractivity contribution in [1.29, 1.82) is 0 Å². The topological polar surface area (TPSA) is 9.23 Å². The molecule has 1 heterocycles. The predicted molar refractivity (Wildman–Crippen MR) is 134 cm³/mol. The first kappa shape index (κ1) is 20.6. The van der Waals surface area contributed by atoms with E-state index >= 15 is 0 Å². The molecule has 0 saturated carbocycles. The van der Waals surface area contributed by atoms with Gasteiger partial charge in [-0.15, -0.1) is 0 Å². The maximum atomic E-state index is 6.88. The Bertz CT molecular complexity index is 1230. The van der Waals surface area contributed by atoms with Gasteiger partial charge in [0.1, 0.15) is 5.76 Å². The second-order valence-corrected chi connectivity index (χ2v) is 8.55. The van der Waals surface area contributed by atoms with E-state index in [0.29, 0.717) is 10.0 Å². The minimum Gasteiger partial charge on any atom is -0.472 e. The van der Waals surface area contributed by atoms with Crippen LogP contribution in [0.2, 0.25) is 10.0 Å². The van der Waals surface area contributed by atoms with E-state index in [1.807, 2.05) is 84.9 Å². The van der Waals surface area contributed by atoms with Crippen LogP contribution < -0.4 is 0 Å². The van der Waals surface area contributed by atoms with Crippen LogP contribution in [0, 0.1) is 0 Å². The molecule has 0 N–H and O–H groups in total. The maximum Gasteiger partial charge on any atom is 0.184 e. The van der Waals surface area contributed by atoms with Crippen molar-refractivity contribution in [3.8, 4) is 0 Å². The molecule has 0 radical (unpaired) electrons. The second kappa shape index (κ2) is 8.70. The summed E-state index contributed by atoms with van der Waals surface area (Å²) in [5.74, 6) is 0.801. The van der Waals surface area contributed by atoms with Crippen molar-refractivity contribution in [2.75, 3.05) is 0 Å². The van der Waals surface area contributed by atoms with Crippen LogP contribution in [0.1, 0.15) is 22.3 Å². The summed E-state index contributed by atoms with van der Waals surface area (Å²) < 4.78 is 6.88. The van der Waals surface area contributed by atoms with Crippen molar-refractivity contribution >= 4 is 35.0 Å². The van der Waals surface area contributed by atoms with Crippen LogP contribution in [0.15, 0.2) is 121 Å². The predicted octanol–water partition coefficient (Wildman–Crippen LogP) is 8.39. The van der Waals surface area contributed by atoms with E-state index in [2.05, 4.69) is 36.4 Å². The van der Waals surface area contributed by atoms with Gasteiger partial charge in [0.2, 0.25) is 0 Å². The van der Waals surface area contributed by atoms with E-state index in [9.17, 15) is 0 Å². The van der Waals surface area contributed by atoms with Gasteiger partial charge in [-0.1, -0.05) is 96.0 Å². The van der Waals surface area contributed by atoms with Crippen LogP contribution in [-0.2, 0) is 10.3 Å². The zero-order valence-corrected chi connectivity index (χ0v) is 18.7. The summed E-state index contributed by atoms with van der Waals surface area (Å²) in [5, 5.41) is 1.41. The molecule has 0 spiro atoms. The van der Waals surface area contributed by atoms with Gasteiger partial charge >= 0.3 is 0 Å². The molecule has 1 nitrogen and oxygen atoms in total. The lowest BCUT2D eigenvalue weighted by molar-refractivity contribution is 0.135. The molecule has 0 amide bonds. The third-order valence-electron chi connectivity index (χ3n) is 5.64. The number of hydrogen-bond acceptors (Lipinski definition) is 1. The zero-order valence-electron chi connectivity index (χ0n) is 17.2. The Balaban J connectivity index is 1.75. The molecule has 1 aliphatic heterocycles. The van der Waals surface area contributed by atoms with E-state index in [-0.39, 0.29) is 0 Å². The molecule has 0 fully saturated rings. The largest absolute Gasteiger partial charge is 0.472 e. The van der Waals surface area contributed by atoms with Gasteiger partial charge in [-0.2, -0.15) is 0 Å². The quantitative estimate of drug-likeness (QED) is 0.300. The zero-order chi connectivity index (χ0) is 22.0. The summed E-state index contributed by atoms with van der Waals surface area (Å²) in [5.41, 5.74) is 4.42. The average molecular weight is 455 g/mol. The van der Waals surface area contributed by atoms with Gasteiger partial charge < -0.3 is 4.74 Å². The van der Waals surface area contributed by atoms with Crippen LogP contribution in [0.3, 0.4) is 0 Å². The first-order valence-corrected chi connectivity index (χ1v) is 11.2.